The second-order valence-corrected chi connectivity index (χ2v) is 4.10. The summed E-state index contributed by atoms with van der Waals surface area (Å²) in [5, 5.41) is 7.10. The van der Waals surface area contributed by atoms with E-state index in [1.165, 1.54) is 0 Å². The summed E-state index contributed by atoms with van der Waals surface area (Å²) >= 11 is 0. The summed E-state index contributed by atoms with van der Waals surface area (Å²) in [6.45, 7) is 3.12. The van der Waals surface area contributed by atoms with Gasteiger partial charge < -0.3 is 15.6 Å². The molecule has 94 valence electrons. The van der Waals surface area contributed by atoms with Gasteiger partial charge in [0.05, 0.1) is 5.69 Å². The highest BCUT2D eigenvalue weighted by Crippen LogP contribution is 2.05. The number of hydrogen-bond acceptors (Lipinski definition) is 4. The number of rotatable bonds is 5. The van der Waals surface area contributed by atoms with Crippen LogP contribution in [0.1, 0.15) is 27.4 Å². The lowest BCUT2D eigenvalue weighted by atomic mass is 10.1. The molecule has 0 radical (unpaired) electrons. The van der Waals surface area contributed by atoms with Crippen LogP contribution in [0.15, 0.2) is 34.9 Å². The molecule has 5 heteroatoms. The molecular formula is C13H15N3O2. The van der Waals surface area contributed by atoms with E-state index in [9.17, 15) is 4.79 Å². The fourth-order valence-corrected chi connectivity index (χ4v) is 1.67. The van der Waals surface area contributed by atoms with E-state index in [1.807, 2.05) is 25.1 Å². The van der Waals surface area contributed by atoms with E-state index in [2.05, 4.69) is 10.5 Å². The number of nitrogens with two attached hydrogens (primary N) is 1. The van der Waals surface area contributed by atoms with Gasteiger partial charge in [0.2, 0.25) is 5.91 Å². The van der Waals surface area contributed by atoms with Crippen LogP contribution in [-0.2, 0) is 13.1 Å². The smallest absolute Gasteiger partial charge is 0.248 e. The van der Waals surface area contributed by atoms with Crippen molar-refractivity contribution in [1.82, 2.24) is 10.5 Å². The average Bonchev–Trinajstić information content (AvgIpc) is 2.75. The van der Waals surface area contributed by atoms with Crippen molar-refractivity contribution in [3.8, 4) is 0 Å². The fourth-order valence-electron chi connectivity index (χ4n) is 1.67. The van der Waals surface area contributed by atoms with Crippen molar-refractivity contribution in [3.05, 3.63) is 52.9 Å². The van der Waals surface area contributed by atoms with Gasteiger partial charge in [-0.05, 0) is 24.6 Å². The monoisotopic (exact) mass is 245 g/mol. The summed E-state index contributed by atoms with van der Waals surface area (Å²) in [7, 11) is 0. The first-order valence-electron chi connectivity index (χ1n) is 5.67. The molecule has 3 N–H and O–H groups in total. The zero-order valence-corrected chi connectivity index (χ0v) is 10.1. The van der Waals surface area contributed by atoms with Crippen LogP contribution in [0.3, 0.4) is 0 Å². The first-order valence-corrected chi connectivity index (χ1v) is 5.67. The molecule has 0 aliphatic heterocycles. The zero-order chi connectivity index (χ0) is 13.0. The van der Waals surface area contributed by atoms with Crippen LogP contribution in [0.25, 0.3) is 0 Å². The number of carbonyl (C=O) groups is 1. The van der Waals surface area contributed by atoms with Crippen LogP contribution in [0.4, 0.5) is 0 Å². The van der Waals surface area contributed by atoms with Gasteiger partial charge in [-0.3, -0.25) is 4.79 Å². The fraction of sp³-hybridized carbons (Fsp3) is 0.231. The summed E-state index contributed by atoms with van der Waals surface area (Å²) in [5.41, 5.74) is 7.61. The molecule has 0 saturated heterocycles. The summed E-state index contributed by atoms with van der Waals surface area (Å²) in [6.07, 6.45) is 0. The number of carbonyl (C=O) groups excluding carboxylic acids is 1. The molecule has 1 aromatic carbocycles. The molecule has 18 heavy (non-hydrogen) atoms. The van der Waals surface area contributed by atoms with Gasteiger partial charge >= 0.3 is 0 Å². The van der Waals surface area contributed by atoms with Gasteiger partial charge in [0.25, 0.3) is 0 Å². The number of aromatic nitrogens is 1. The van der Waals surface area contributed by atoms with Crippen LogP contribution in [0.2, 0.25) is 0 Å². The Kier molecular flexibility index (Phi) is 3.74. The Balaban J connectivity index is 1.90. The second kappa shape index (κ2) is 5.46. The van der Waals surface area contributed by atoms with E-state index in [0.717, 1.165) is 17.0 Å². The molecule has 2 rings (SSSR count). The molecule has 1 aromatic heterocycles. The van der Waals surface area contributed by atoms with Crippen LogP contribution in [0.5, 0.6) is 0 Å². The standard InChI is InChI=1S/C13H15N3O2/c1-9-5-12(16-18-9)8-15-7-10-3-2-4-11(6-10)13(14)17/h2-6,15H,7-8H2,1H3,(H2,14,17). The molecule has 0 aliphatic carbocycles. The topological polar surface area (TPSA) is 81.1 Å². The van der Waals surface area contributed by atoms with Gasteiger partial charge in [0, 0.05) is 24.7 Å². The summed E-state index contributed by atoms with van der Waals surface area (Å²) in [5.74, 6) is 0.381. The molecular weight excluding hydrogens is 230 g/mol. The van der Waals surface area contributed by atoms with Crippen molar-refractivity contribution in [2.45, 2.75) is 20.0 Å². The number of benzene rings is 1. The zero-order valence-electron chi connectivity index (χ0n) is 10.1. The highest BCUT2D eigenvalue weighted by atomic mass is 16.5. The van der Waals surface area contributed by atoms with Gasteiger partial charge in [-0.15, -0.1) is 0 Å². The van der Waals surface area contributed by atoms with E-state index < -0.39 is 5.91 Å². The third-order valence-corrected chi connectivity index (χ3v) is 2.52. The quantitative estimate of drug-likeness (QED) is 0.833. The molecule has 1 heterocycles. The van der Waals surface area contributed by atoms with Crippen molar-refractivity contribution < 1.29 is 9.32 Å². The van der Waals surface area contributed by atoms with Gasteiger partial charge in [0.15, 0.2) is 0 Å². The maximum absolute atomic E-state index is 11.0. The maximum atomic E-state index is 11.0. The lowest BCUT2D eigenvalue weighted by molar-refractivity contribution is 0.1000. The van der Waals surface area contributed by atoms with E-state index in [-0.39, 0.29) is 0 Å². The molecule has 2 aromatic rings. The average molecular weight is 245 g/mol. The van der Waals surface area contributed by atoms with Crippen molar-refractivity contribution in [2.75, 3.05) is 0 Å². The predicted octanol–water partition coefficient (Wildman–Crippen LogP) is 1.37. The minimum absolute atomic E-state index is 0.413. The number of primary amides is 1. The number of hydrogen-bond donors (Lipinski definition) is 2. The highest BCUT2D eigenvalue weighted by molar-refractivity contribution is 5.92. The number of amides is 1. The summed E-state index contributed by atoms with van der Waals surface area (Å²) in [4.78, 5) is 11.0. The van der Waals surface area contributed by atoms with Crippen LogP contribution < -0.4 is 11.1 Å². The second-order valence-electron chi connectivity index (χ2n) is 4.10. The maximum Gasteiger partial charge on any atom is 0.248 e. The summed E-state index contributed by atoms with van der Waals surface area (Å²) < 4.78 is 4.97. The highest BCUT2D eigenvalue weighted by Gasteiger charge is 2.02. The van der Waals surface area contributed by atoms with Gasteiger partial charge in [-0.2, -0.15) is 0 Å². The van der Waals surface area contributed by atoms with E-state index in [4.69, 9.17) is 10.3 Å². The van der Waals surface area contributed by atoms with Gasteiger partial charge in [0.1, 0.15) is 5.76 Å². The van der Waals surface area contributed by atoms with E-state index in [0.29, 0.717) is 18.7 Å². The molecule has 1 amide bonds. The Morgan fingerprint density at radius 3 is 2.89 bits per heavy atom. The van der Waals surface area contributed by atoms with E-state index >= 15 is 0 Å². The largest absolute Gasteiger partial charge is 0.366 e. The normalized spacial score (nSPS) is 10.5. The van der Waals surface area contributed by atoms with Crippen molar-refractivity contribution in [1.29, 1.82) is 0 Å². The van der Waals surface area contributed by atoms with Gasteiger partial charge in [-0.25, -0.2) is 0 Å². The third kappa shape index (κ3) is 3.18. The Bertz CT molecular complexity index is 549. The van der Waals surface area contributed by atoms with Crippen LogP contribution in [0, 0.1) is 6.92 Å². The van der Waals surface area contributed by atoms with Crippen LogP contribution in [-0.4, -0.2) is 11.1 Å². The molecule has 0 fully saturated rings. The predicted molar refractivity (Wildman–Crippen MR) is 66.7 cm³/mol. The molecule has 0 atom stereocenters. The lowest BCUT2D eigenvalue weighted by Gasteiger charge is -2.04. The SMILES string of the molecule is Cc1cc(CNCc2cccc(C(N)=O)c2)no1. The molecule has 0 saturated carbocycles. The number of nitrogens with zero attached hydrogens (tertiary/aromatic N) is 1. The lowest BCUT2D eigenvalue weighted by Crippen LogP contribution is -2.15. The Labute approximate surface area is 105 Å². The first kappa shape index (κ1) is 12.3. The molecule has 0 spiro atoms. The third-order valence-electron chi connectivity index (χ3n) is 2.52. The van der Waals surface area contributed by atoms with Crippen LogP contribution >= 0.6 is 0 Å². The molecule has 0 bridgehead atoms. The van der Waals surface area contributed by atoms with Gasteiger partial charge in [-0.1, -0.05) is 17.3 Å². The Morgan fingerprint density at radius 1 is 1.39 bits per heavy atom. The molecule has 5 nitrogen and oxygen atoms in total. The molecule has 0 aliphatic rings. The first-order chi connectivity index (χ1) is 8.65. The Hall–Kier alpha value is -2.14. The van der Waals surface area contributed by atoms with E-state index in [1.54, 1.807) is 12.1 Å². The van der Waals surface area contributed by atoms with Crippen molar-refractivity contribution in [3.63, 3.8) is 0 Å². The van der Waals surface area contributed by atoms with Crippen molar-refractivity contribution in [2.24, 2.45) is 5.73 Å². The van der Waals surface area contributed by atoms with Crippen molar-refractivity contribution >= 4 is 5.91 Å². The number of aryl methyl sites for hydroxylation is 1. The molecule has 0 unspecified atom stereocenters. The minimum atomic E-state index is -0.413. The number of nitrogens with one attached hydrogen (secondary N) is 1. The Morgan fingerprint density at radius 2 is 2.22 bits per heavy atom. The summed E-state index contributed by atoms with van der Waals surface area (Å²) in [6, 6.07) is 9.12. The minimum Gasteiger partial charge on any atom is -0.366 e.